The number of hydrogen-bond donors (Lipinski definition) is 2. The lowest BCUT2D eigenvalue weighted by molar-refractivity contribution is -0.131. The molecule has 2 N–H and O–H groups in total. The molecule has 3 atom stereocenters. The number of benzene rings is 1. The van der Waals surface area contributed by atoms with Crippen LogP contribution in [0.3, 0.4) is 0 Å². The molecule has 3 aliphatic rings. The van der Waals surface area contributed by atoms with Gasteiger partial charge in [0, 0.05) is 24.7 Å². The van der Waals surface area contributed by atoms with Crippen molar-refractivity contribution in [1.82, 2.24) is 30.4 Å². The van der Waals surface area contributed by atoms with E-state index in [1.54, 1.807) is 0 Å². The molecular weight excluding hydrogens is 334 g/mol. The summed E-state index contributed by atoms with van der Waals surface area (Å²) in [5.41, 5.74) is 1.07. The van der Waals surface area contributed by atoms with Gasteiger partial charge in [0.15, 0.2) is 0 Å². The number of para-hydroxylation sites is 1. The quantitative estimate of drug-likeness (QED) is 0.793. The van der Waals surface area contributed by atoms with Gasteiger partial charge in [-0.25, -0.2) is 4.68 Å². The van der Waals surface area contributed by atoms with E-state index in [0.717, 1.165) is 18.5 Å². The Bertz CT molecular complexity index is 868. The summed E-state index contributed by atoms with van der Waals surface area (Å²) in [6, 6.07) is 7.57. The molecule has 1 saturated carbocycles. The molecular formula is C17H19N7O2. The fourth-order valence-electron chi connectivity index (χ4n) is 4.66. The Kier molecular flexibility index (Phi) is 3.25. The lowest BCUT2D eigenvalue weighted by Gasteiger charge is -2.42. The van der Waals surface area contributed by atoms with E-state index in [-0.39, 0.29) is 24.3 Å². The SMILES string of the molecule is O=C1N[C@]2(CC[C@@H]3CN(C(=O)Cn4cnnn4)C[C@@H]32)Nc2ccccc21. The summed E-state index contributed by atoms with van der Waals surface area (Å²) in [5.74, 6) is 0.534. The Morgan fingerprint density at radius 2 is 2.15 bits per heavy atom. The van der Waals surface area contributed by atoms with Gasteiger partial charge in [0.25, 0.3) is 5.91 Å². The minimum atomic E-state index is -0.472. The summed E-state index contributed by atoms with van der Waals surface area (Å²) in [4.78, 5) is 27.1. The maximum Gasteiger partial charge on any atom is 0.255 e. The van der Waals surface area contributed by atoms with E-state index in [2.05, 4.69) is 26.2 Å². The lowest BCUT2D eigenvalue weighted by atomic mass is 9.89. The van der Waals surface area contributed by atoms with Gasteiger partial charge >= 0.3 is 0 Å². The van der Waals surface area contributed by atoms with E-state index in [0.29, 0.717) is 24.6 Å². The summed E-state index contributed by atoms with van der Waals surface area (Å²) >= 11 is 0. The summed E-state index contributed by atoms with van der Waals surface area (Å²) in [5, 5.41) is 17.6. The third-order valence-electron chi connectivity index (χ3n) is 5.89. The zero-order valence-electron chi connectivity index (χ0n) is 14.1. The molecule has 1 aromatic heterocycles. The predicted octanol–water partition coefficient (Wildman–Crippen LogP) is 0.0933. The largest absolute Gasteiger partial charge is 0.362 e. The van der Waals surface area contributed by atoms with Crippen molar-refractivity contribution in [2.75, 3.05) is 18.4 Å². The molecule has 1 aliphatic carbocycles. The van der Waals surface area contributed by atoms with E-state index < -0.39 is 5.66 Å². The van der Waals surface area contributed by atoms with Crippen LogP contribution in [0.15, 0.2) is 30.6 Å². The van der Waals surface area contributed by atoms with Gasteiger partial charge in [0.2, 0.25) is 5.91 Å². The number of fused-ring (bicyclic) bond motifs is 3. The highest BCUT2D eigenvalue weighted by atomic mass is 16.2. The first kappa shape index (κ1) is 15.3. The first-order chi connectivity index (χ1) is 12.6. The first-order valence-electron chi connectivity index (χ1n) is 8.83. The van der Waals surface area contributed by atoms with Crippen LogP contribution < -0.4 is 10.6 Å². The van der Waals surface area contributed by atoms with Crippen LogP contribution in [0.5, 0.6) is 0 Å². The van der Waals surface area contributed by atoms with Gasteiger partial charge in [-0.1, -0.05) is 12.1 Å². The number of aromatic nitrogens is 4. The summed E-state index contributed by atoms with van der Waals surface area (Å²) in [7, 11) is 0. The normalized spacial score (nSPS) is 29.2. The molecule has 26 heavy (non-hydrogen) atoms. The number of carbonyl (C=O) groups is 2. The van der Waals surface area contributed by atoms with Crippen molar-refractivity contribution in [3.05, 3.63) is 36.2 Å². The lowest BCUT2D eigenvalue weighted by Crippen LogP contribution is -2.61. The maximum atomic E-state index is 12.6. The van der Waals surface area contributed by atoms with Gasteiger partial charge in [-0.05, 0) is 41.3 Å². The summed E-state index contributed by atoms with van der Waals surface area (Å²) in [6.07, 6.45) is 3.29. The molecule has 2 aromatic rings. The van der Waals surface area contributed by atoms with Gasteiger partial charge < -0.3 is 15.5 Å². The molecule has 0 unspecified atom stereocenters. The van der Waals surface area contributed by atoms with Crippen LogP contribution in [0.2, 0.25) is 0 Å². The van der Waals surface area contributed by atoms with Crippen molar-refractivity contribution in [2.45, 2.75) is 25.0 Å². The number of hydrogen-bond acceptors (Lipinski definition) is 6. The Hall–Kier alpha value is -2.97. The highest BCUT2D eigenvalue weighted by Crippen LogP contribution is 2.47. The van der Waals surface area contributed by atoms with Crippen molar-refractivity contribution in [3.8, 4) is 0 Å². The second-order valence-electron chi connectivity index (χ2n) is 7.31. The number of amides is 2. The standard InChI is InChI=1S/C17H19N7O2/c25-15(9-24-10-18-21-22-24)23-7-11-5-6-17(13(11)8-23)19-14-4-2-1-3-12(14)16(26)20-17/h1-4,10-11,13,19H,5-9H2,(H,20,26)/t11-,13+,17+/m1/s1. The topological polar surface area (TPSA) is 105 Å². The number of nitrogens with zero attached hydrogens (tertiary/aromatic N) is 5. The minimum Gasteiger partial charge on any atom is -0.362 e. The van der Waals surface area contributed by atoms with E-state index in [9.17, 15) is 9.59 Å². The molecule has 2 aliphatic heterocycles. The second-order valence-corrected chi connectivity index (χ2v) is 7.31. The molecule has 9 heteroatoms. The van der Waals surface area contributed by atoms with Crippen LogP contribution in [-0.2, 0) is 11.3 Å². The third-order valence-corrected chi connectivity index (χ3v) is 5.89. The summed E-state index contributed by atoms with van der Waals surface area (Å²) < 4.78 is 1.43. The van der Waals surface area contributed by atoms with Crippen LogP contribution in [0, 0.1) is 11.8 Å². The third kappa shape index (κ3) is 2.27. The van der Waals surface area contributed by atoms with Crippen LogP contribution in [-0.4, -0.2) is 55.7 Å². The Labute approximate surface area is 149 Å². The van der Waals surface area contributed by atoms with E-state index >= 15 is 0 Å². The number of likely N-dealkylation sites (tertiary alicyclic amines) is 1. The molecule has 2 fully saturated rings. The van der Waals surface area contributed by atoms with E-state index in [1.165, 1.54) is 11.0 Å². The van der Waals surface area contributed by atoms with E-state index in [1.807, 2.05) is 29.2 Å². The van der Waals surface area contributed by atoms with Gasteiger partial charge in [-0.2, -0.15) is 0 Å². The van der Waals surface area contributed by atoms with Crippen LogP contribution in [0.1, 0.15) is 23.2 Å². The second kappa shape index (κ2) is 5.52. The molecule has 0 radical (unpaired) electrons. The van der Waals surface area contributed by atoms with Crippen molar-refractivity contribution >= 4 is 17.5 Å². The molecule has 2 amide bonds. The molecule has 0 bridgehead atoms. The fraction of sp³-hybridized carbons (Fsp3) is 0.471. The number of carbonyl (C=O) groups excluding carboxylic acids is 2. The van der Waals surface area contributed by atoms with Gasteiger partial charge in [0.05, 0.1) is 5.56 Å². The molecule has 9 nitrogen and oxygen atoms in total. The minimum absolute atomic E-state index is 0.00406. The van der Waals surface area contributed by atoms with Crippen LogP contribution in [0.4, 0.5) is 5.69 Å². The molecule has 3 heterocycles. The van der Waals surface area contributed by atoms with Crippen molar-refractivity contribution in [2.24, 2.45) is 11.8 Å². The maximum absolute atomic E-state index is 12.6. The van der Waals surface area contributed by atoms with Gasteiger partial charge in [-0.3, -0.25) is 9.59 Å². The highest BCUT2D eigenvalue weighted by molar-refractivity contribution is 6.02. The highest BCUT2D eigenvalue weighted by Gasteiger charge is 2.55. The van der Waals surface area contributed by atoms with Crippen LogP contribution in [0.25, 0.3) is 0 Å². The average Bonchev–Trinajstić information content (AvgIpc) is 3.34. The number of rotatable bonds is 2. The Morgan fingerprint density at radius 3 is 3.00 bits per heavy atom. The Balaban J connectivity index is 1.36. The van der Waals surface area contributed by atoms with Crippen molar-refractivity contribution < 1.29 is 9.59 Å². The van der Waals surface area contributed by atoms with Crippen molar-refractivity contribution in [3.63, 3.8) is 0 Å². The fourth-order valence-corrected chi connectivity index (χ4v) is 4.66. The monoisotopic (exact) mass is 353 g/mol. The molecule has 1 spiro atoms. The zero-order chi connectivity index (χ0) is 17.7. The average molecular weight is 353 g/mol. The molecule has 1 saturated heterocycles. The number of nitrogens with one attached hydrogen (secondary N) is 2. The van der Waals surface area contributed by atoms with Gasteiger partial charge in [0.1, 0.15) is 18.5 Å². The molecule has 1 aromatic carbocycles. The van der Waals surface area contributed by atoms with Crippen LogP contribution >= 0.6 is 0 Å². The summed E-state index contributed by atoms with van der Waals surface area (Å²) in [6.45, 7) is 1.48. The smallest absolute Gasteiger partial charge is 0.255 e. The molecule has 5 rings (SSSR count). The first-order valence-corrected chi connectivity index (χ1v) is 8.83. The number of tetrazole rings is 1. The molecule has 134 valence electrons. The van der Waals surface area contributed by atoms with E-state index in [4.69, 9.17) is 0 Å². The predicted molar refractivity (Wildman–Crippen MR) is 90.9 cm³/mol. The van der Waals surface area contributed by atoms with Crippen molar-refractivity contribution in [1.29, 1.82) is 0 Å². The van der Waals surface area contributed by atoms with Gasteiger partial charge in [-0.15, -0.1) is 5.10 Å². The zero-order valence-corrected chi connectivity index (χ0v) is 14.1. The number of anilines is 1. The Morgan fingerprint density at radius 1 is 1.27 bits per heavy atom.